The molecule has 4 nitrogen and oxygen atoms in total. The Hall–Kier alpha value is -1.73. The molecule has 0 bridgehead atoms. The number of hydrogen-bond acceptors (Lipinski definition) is 5. The van der Waals surface area contributed by atoms with E-state index in [1.165, 1.54) is 23.5 Å². The monoisotopic (exact) mass is 348 g/mol. The molecule has 6 heteroatoms. The second-order valence-electron chi connectivity index (χ2n) is 5.25. The van der Waals surface area contributed by atoms with Gasteiger partial charge in [-0.1, -0.05) is 35.9 Å². The average molecular weight is 348 g/mol. The van der Waals surface area contributed by atoms with Gasteiger partial charge >= 0.3 is 0 Å². The molecule has 0 saturated carbocycles. The van der Waals surface area contributed by atoms with Gasteiger partial charge in [-0.05, 0) is 35.9 Å². The number of fused-ring (bicyclic) bond motifs is 1. The molecule has 2 aromatic carbocycles. The van der Waals surface area contributed by atoms with Crippen LogP contribution in [-0.4, -0.2) is 20.1 Å². The lowest BCUT2D eigenvalue weighted by molar-refractivity contribution is 0.113. The van der Waals surface area contributed by atoms with Gasteiger partial charge in [0.15, 0.2) is 0 Å². The van der Waals surface area contributed by atoms with E-state index < -0.39 is 16.2 Å². The second-order valence-corrected chi connectivity index (χ2v) is 7.78. The summed E-state index contributed by atoms with van der Waals surface area (Å²) < 4.78 is 30.4. The lowest BCUT2D eigenvalue weighted by Gasteiger charge is -2.11. The first-order valence-corrected chi connectivity index (χ1v) is 9.36. The van der Waals surface area contributed by atoms with Crippen molar-refractivity contribution < 1.29 is 17.7 Å². The Morgan fingerprint density at radius 2 is 1.83 bits per heavy atom. The average Bonchev–Trinajstić information content (AvgIpc) is 2.97. The highest BCUT2D eigenvalue weighted by molar-refractivity contribution is 7.86. The van der Waals surface area contributed by atoms with Crippen LogP contribution in [0.5, 0.6) is 0 Å². The van der Waals surface area contributed by atoms with Crippen molar-refractivity contribution in [1.29, 1.82) is 0 Å². The molecule has 0 unspecified atom stereocenters. The molecule has 23 heavy (non-hydrogen) atoms. The first-order valence-electron chi connectivity index (χ1n) is 7.08. The van der Waals surface area contributed by atoms with Gasteiger partial charge in [0.2, 0.25) is 0 Å². The lowest BCUT2D eigenvalue weighted by Crippen LogP contribution is -2.13. The first-order chi connectivity index (χ1) is 11.0. The van der Waals surface area contributed by atoms with Crippen LogP contribution in [0, 0.1) is 6.92 Å². The summed E-state index contributed by atoms with van der Waals surface area (Å²) in [5.74, 6) is 0. The highest BCUT2D eigenvalue weighted by Gasteiger charge is 2.20. The minimum absolute atomic E-state index is 0.0884. The van der Waals surface area contributed by atoms with Crippen LogP contribution in [0.1, 0.15) is 17.2 Å². The van der Waals surface area contributed by atoms with Gasteiger partial charge in [-0.3, -0.25) is 4.18 Å². The first kappa shape index (κ1) is 16.1. The Bertz CT molecular complexity index is 911. The van der Waals surface area contributed by atoms with Gasteiger partial charge in [0.05, 0.1) is 11.5 Å². The zero-order chi connectivity index (χ0) is 16.4. The predicted molar refractivity (Wildman–Crippen MR) is 91.1 cm³/mol. The smallest absolute Gasteiger partial charge is 0.297 e. The summed E-state index contributed by atoms with van der Waals surface area (Å²) in [4.78, 5) is 0.0884. The molecule has 0 saturated heterocycles. The minimum Gasteiger partial charge on any atom is -0.386 e. The maximum Gasteiger partial charge on any atom is 0.297 e. The fourth-order valence-corrected chi connectivity index (χ4v) is 4.19. The van der Waals surface area contributed by atoms with Crippen LogP contribution in [0.25, 0.3) is 10.1 Å². The third kappa shape index (κ3) is 3.45. The molecule has 0 spiro atoms. The summed E-state index contributed by atoms with van der Waals surface area (Å²) in [6, 6.07) is 14.1. The Labute approximate surface area is 139 Å². The maximum atomic E-state index is 12.2. The number of benzene rings is 2. The van der Waals surface area contributed by atoms with E-state index in [-0.39, 0.29) is 11.5 Å². The molecule has 0 aliphatic heterocycles. The van der Waals surface area contributed by atoms with Crippen molar-refractivity contribution in [2.75, 3.05) is 6.61 Å². The quantitative estimate of drug-likeness (QED) is 0.715. The molecular formula is C17H16O4S2. The van der Waals surface area contributed by atoms with Crippen LogP contribution in [-0.2, 0) is 14.3 Å². The van der Waals surface area contributed by atoms with Crippen molar-refractivity contribution in [2.24, 2.45) is 0 Å². The number of aryl methyl sites for hydroxylation is 1. The number of aliphatic hydroxyl groups excluding tert-OH is 1. The molecule has 3 aromatic rings. The third-order valence-corrected chi connectivity index (χ3v) is 5.84. The fraction of sp³-hybridized carbons (Fsp3) is 0.176. The lowest BCUT2D eigenvalue weighted by atomic mass is 10.1. The van der Waals surface area contributed by atoms with Gasteiger partial charge in [-0.2, -0.15) is 8.42 Å². The highest BCUT2D eigenvalue weighted by Crippen LogP contribution is 2.30. The van der Waals surface area contributed by atoms with Gasteiger partial charge in [0, 0.05) is 10.3 Å². The van der Waals surface area contributed by atoms with Crippen LogP contribution in [0.2, 0.25) is 0 Å². The van der Waals surface area contributed by atoms with Crippen molar-refractivity contribution in [2.45, 2.75) is 17.9 Å². The summed E-state index contributed by atoms with van der Waals surface area (Å²) in [5, 5.41) is 13.0. The van der Waals surface area contributed by atoms with E-state index in [0.29, 0.717) is 5.56 Å². The molecule has 1 heterocycles. The molecule has 120 valence electrons. The van der Waals surface area contributed by atoms with E-state index in [1.54, 1.807) is 12.1 Å². The van der Waals surface area contributed by atoms with Crippen molar-refractivity contribution >= 4 is 31.5 Å². The van der Waals surface area contributed by atoms with Crippen molar-refractivity contribution in [3.63, 3.8) is 0 Å². The maximum absolute atomic E-state index is 12.2. The van der Waals surface area contributed by atoms with Gasteiger partial charge in [0.25, 0.3) is 10.1 Å². The van der Waals surface area contributed by atoms with E-state index in [1.807, 2.05) is 36.6 Å². The molecule has 1 atom stereocenters. The van der Waals surface area contributed by atoms with E-state index in [9.17, 15) is 13.5 Å². The molecule has 0 radical (unpaired) electrons. The topological polar surface area (TPSA) is 63.6 Å². The molecule has 3 rings (SSSR count). The molecule has 0 aliphatic carbocycles. The molecule has 1 N–H and O–H groups in total. The van der Waals surface area contributed by atoms with Crippen molar-refractivity contribution in [1.82, 2.24) is 0 Å². The number of thiophene rings is 1. The Kier molecular flexibility index (Phi) is 4.50. The predicted octanol–water partition coefficient (Wildman–Crippen LogP) is 3.65. The summed E-state index contributed by atoms with van der Waals surface area (Å²) in [7, 11) is -3.87. The summed E-state index contributed by atoms with van der Waals surface area (Å²) in [6.07, 6.45) is -0.994. The van der Waals surface area contributed by atoms with Crippen LogP contribution in [0.3, 0.4) is 0 Å². The van der Waals surface area contributed by atoms with E-state index in [0.717, 1.165) is 15.6 Å². The highest BCUT2D eigenvalue weighted by atomic mass is 32.2. The summed E-state index contributed by atoms with van der Waals surface area (Å²) in [6.45, 7) is 1.57. The Balaban J connectivity index is 1.76. The van der Waals surface area contributed by atoms with Gasteiger partial charge in [0.1, 0.15) is 6.10 Å². The molecule has 0 fully saturated rings. The number of hydrogen-bond donors (Lipinski definition) is 1. The SMILES string of the molecule is Cc1ccc(S(=O)(=O)OC[C@H](O)c2csc3ccccc23)cc1. The Morgan fingerprint density at radius 3 is 2.57 bits per heavy atom. The number of aliphatic hydroxyl groups is 1. The van der Waals surface area contributed by atoms with Crippen LogP contribution >= 0.6 is 11.3 Å². The van der Waals surface area contributed by atoms with Crippen molar-refractivity contribution in [3.8, 4) is 0 Å². The van der Waals surface area contributed by atoms with Gasteiger partial charge < -0.3 is 5.11 Å². The third-order valence-electron chi connectivity index (χ3n) is 3.56. The van der Waals surface area contributed by atoms with Gasteiger partial charge in [-0.25, -0.2) is 0 Å². The van der Waals surface area contributed by atoms with Crippen molar-refractivity contribution in [3.05, 3.63) is 65.0 Å². The Morgan fingerprint density at radius 1 is 1.13 bits per heavy atom. The van der Waals surface area contributed by atoms with Crippen LogP contribution < -0.4 is 0 Å². The second kappa shape index (κ2) is 6.41. The van der Waals surface area contributed by atoms with Crippen LogP contribution in [0.15, 0.2) is 58.8 Å². The van der Waals surface area contributed by atoms with Crippen LogP contribution in [0.4, 0.5) is 0 Å². The van der Waals surface area contributed by atoms with E-state index in [2.05, 4.69) is 0 Å². The van der Waals surface area contributed by atoms with E-state index >= 15 is 0 Å². The number of rotatable bonds is 5. The zero-order valence-corrected chi connectivity index (χ0v) is 14.1. The summed E-state index contributed by atoms with van der Waals surface area (Å²) in [5.41, 5.74) is 1.65. The zero-order valence-electron chi connectivity index (χ0n) is 12.5. The molecule has 1 aromatic heterocycles. The largest absolute Gasteiger partial charge is 0.386 e. The molecule has 0 aliphatic rings. The fourth-order valence-electron chi connectivity index (χ4n) is 2.27. The molecular weight excluding hydrogens is 332 g/mol. The van der Waals surface area contributed by atoms with E-state index in [4.69, 9.17) is 4.18 Å². The minimum atomic E-state index is -3.87. The summed E-state index contributed by atoms with van der Waals surface area (Å²) >= 11 is 1.51. The van der Waals surface area contributed by atoms with Gasteiger partial charge in [-0.15, -0.1) is 11.3 Å². The molecule has 0 amide bonds. The normalized spacial score (nSPS) is 13.3. The standard InChI is InChI=1S/C17H16O4S2/c1-12-6-8-13(9-7-12)23(19,20)21-10-16(18)15-11-22-17-5-3-2-4-14(15)17/h2-9,11,16,18H,10H2,1H3/t16-/m0/s1.